The summed E-state index contributed by atoms with van der Waals surface area (Å²) in [5.74, 6) is 0. The number of thiocarbonyl (C=S) groups is 1. The average Bonchev–Trinajstić information content (AvgIpc) is 2.18. The van der Waals surface area contributed by atoms with Crippen LogP contribution in [0.15, 0.2) is 0 Å². The van der Waals surface area contributed by atoms with Gasteiger partial charge in [-0.1, -0.05) is 46.3 Å². The summed E-state index contributed by atoms with van der Waals surface area (Å²) in [6, 6.07) is 0. The molecule has 0 radical (unpaired) electrons. The van der Waals surface area contributed by atoms with E-state index in [1.54, 1.807) is 0 Å². The van der Waals surface area contributed by atoms with Gasteiger partial charge in [-0.3, -0.25) is 0 Å². The van der Waals surface area contributed by atoms with Crippen molar-refractivity contribution < 1.29 is 0 Å². The van der Waals surface area contributed by atoms with Gasteiger partial charge in [0.25, 0.3) is 0 Å². The molecule has 0 heterocycles. The molecule has 0 saturated carbocycles. The zero-order chi connectivity index (χ0) is 11.9. The van der Waals surface area contributed by atoms with Gasteiger partial charge in [-0.05, 0) is 32.5 Å². The Morgan fingerprint density at radius 2 is 1.87 bits per heavy atom. The highest BCUT2D eigenvalue weighted by atomic mass is 32.1. The Labute approximate surface area is 100 Å². The summed E-state index contributed by atoms with van der Waals surface area (Å²) in [5.41, 5.74) is 5.71. The molecule has 0 rings (SSSR count). The van der Waals surface area contributed by atoms with E-state index in [4.69, 9.17) is 18.0 Å². The molecule has 0 unspecified atom stereocenters. The van der Waals surface area contributed by atoms with Gasteiger partial charge >= 0.3 is 0 Å². The summed E-state index contributed by atoms with van der Waals surface area (Å²) in [7, 11) is 0. The summed E-state index contributed by atoms with van der Waals surface area (Å²) in [6.45, 7) is 12.1. The minimum absolute atomic E-state index is 0.00499. The standard InChI is InChI=1S/C12H26N2S/c1-5-7-9-14(6-2)10-8-12(3,4)11(13)15/h5-10H2,1-4H3,(H2,13,15). The van der Waals surface area contributed by atoms with Gasteiger partial charge < -0.3 is 10.6 Å². The first-order chi connectivity index (χ1) is 6.94. The van der Waals surface area contributed by atoms with E-state index in [1.807, 2.05) is 0 Å². The number of hydrogen-bond donors (Lipinski definition) is 1. The van der Waals surface area contributed by atoms with Crippen molar-refractivity contribution in [3.63, 3.8) is 0 Å². The molecular formula is C12H26N2S. The maximum atomic E-state index is 5.71. The van der Waals surface area contributed by atoms with Crippen molar-refractivity contribution in [3.8, 4) is 0 Å². The zero-order valence-corrected chi connectivity index (χ0v) is 11.5. The molecule has 0 aromatic heterocycles. The number of unbranched alkanes of at least 4 members (excludes halogenated alkanes) is 1. The first-order valence-electron chi connectivity index (χ1n) is 5.96. The SMILES string of the molecule is CCCCN(CC)CCC(C)(C)C(N)=S. The normalized spacial score (nSPS) is 12.1. The van der Waals surface area contributed by atoms with Gasteiger partial charge in [0.2, 0.25) is 0 Å². The quantitative estimate of drug-likeness (QED) is 0.650. The molecule has 2 nitrogen and oxygen atoms in total. The van der Waals surface area contributed by atoms with E-state index in [-0.39, 0.29) is 5.41 Å². The highest BCUT2D eigenvalue weighted by molar-refractivity contribution is 7.80. The van der Waals surface area contributed by atoms with Crippen molar-refractivity contribution in [3.05, 3.63) is 0 Å². The fourth-order valence-electron chi connectivity index (χ4n) is 1.37. The molecule has 0 fully saturated rings. The topological polar surface area (TPSA) is 29.3 Å². The van der Waals surface area contributed by atoms with Crippen LogP contribution in [-0.4, -0.2) is 29.5 Å². The summed E-state index contributed by atoms with van der Waals surface area (Å²) in [6.07, 6.45) is 3.59. The second-order valence-electron chi connectivity index (χ2n) is 4.79. The lowest BCUT2D eigenvalue weighted by atomic mass is 9.89. The molecule has 15 heavy (non-hydrogen) atoms. The van der Waals surface area contributed by atoms with E-state index in [0.29, 0.717) is 4.99 Å². The fourth-order valence-corrected chi connectivity index (χ4v) is 1.47. The van der Waals surface area contributed by atoms with E-state index in [1.165, 1.54) is 19.4 Å². The number of hydrogen-bond acceptors (Lipinski definition) is 2. The van der Waals surface area contributed by atoms with Crippen LogP contribution in [0.25, 0.3) is 0 Å². The lowest BCUT2D eigenvalue weighted by Crippen LogP contribution is -2.35. The van der Waals surface area contributed by atoms with Gasteiger partial charge in [-0.15, -0.1) is 0 Å². The Bertz CT molecular complexity index is 190. The molecule has 0 spiro atoms. The third-order valence-corrected chi connectivity index (χ3v) is 3.55. The lowest BCUT2D eigenvalue weighted by Gasteiger charge is -2.27. The predicted octanol–water partition coefficient (Wildman–Crippen LogP) is 2.81. The maximum Gasteiger partial charge on any atom is 0.0784 e. The van der Waals surface area contributed by atoms with Crippen molar-refractivity contribution in [1.29, 1.82) is 0 Å². The average molecular weight is 230 g/mol. The molecule has 90 valence electrons. The van der Waals surface area contributed by atoms with Crippen LogP contribution in [0.2, 0.25) is 0 Å². The summed E-state index contributed by atoms with van der Waals surface area (Å²) >= 11 is 5.07. The largest absolute Gasteiger partial charge is 0.393 e. The Morgan fingerprint density at radius 1 is 1.27 bits per heavy atom. The summed E-state index contributed by atoms with van der Waals surface area (Å²) < 4.78 is 0. The molecule has 3 heteroatoms. The summed E-state index contributed by atoms with van der Waals surface area (Å²) in [5, 5.41) is 0. The zero-order valence-electron chi connectivity index (χ0n) is 10.7. The molecule has 2 N–H and O–H groups in total. The molecule has 0 aliphatic heterocycles. The Kier molecular flexibility index (Phi) is 7.11. The van der Waals surface area contributed by atoms with Crippen molar-refractivity contribution >= 4 is 17.2 Å². The highest BCUT2D eigenvalue weighted by Crippen LogP contribution is 2.20. The first-order valence-corrected chi connectivity index (χ1v) is 6.37. The lowest BCUT2D eigenvalue weighted by molar-refractivity contribution is 0.253. The predicted molar refractivity (Wildman–Crippen MR) is 72.2 cm³/mol. The van der Waals surface area contributed by atoms with E-state index in [2.05, 4.69) is 32.6 Å². The van der Waals surface area contributed by atoms with Crippen LogP contribution in [0.5, 0.6) is 0 Å². The molecule has 0 aromatic carbocycles. The molecule has 0 bridgehead atoms. The van der Waals surface area contributed by atoms with E-state index < -0.39 is 0 Å². The fraction of sp³-hybridized carbons (Fsp3) is 0.917. The van der Waals surface area contributed by atoms with Crippen molar-refractivity contribution in [2.24, 2.45) is 11.1 Å². The van der Waals surface area contributed by atoms with Gasteiger partial charge in [0.05, 0.1) is 4.99 Å². The molecule has 0 aliphatic carbocycles. The van der Waals surface area contributed by atoms with Crippen molar-refractivity contribution in [1.82, 2.24) is 4.90 Å². The van der Waals surface area contributed by atoms with Crippen LogP contribution in [0.3, 0.4) is 0 Å². The van der Waals surface area contributed by atoms with E-state index in [0.717, 1.165) is 19.5 Å². The number of rotatable bonds is 8. The minimum Gasteiger partial charge on any atom is -0.393 e. The van der Waals surface area contributed by atoms with Crippen LogP contribution >= 0.6 is 12.2 Å². The van der Waals surface area contributed by atoms with Crippen LogP contribution in [0.4, 0.5) is 0 Å². The number of nitrogens with zero attached hydrogens (tertiary/aromatic N) is 1. The minimum atomic E-state index is -0.00499. The molecule has 0 amide bonds. The molecule has 0 aliphatic rings. The Morgan fingerprint density at radius 3 is 2.27 bits per heavy atom. The van der Waals surface area contributed by atoms with Gasteiger partial charge in [-0.25, -0.2) is 0 Å². The van der Waals surface area contributed by atoms with Crippen LogP contribution < -0.4 is 5.73 Å². The summed E-state index contributed by atoms with van der Waals surface area (Å²) in [4.78, 5) is 3.11. The van der Waals surface area contributed by atoms with Gasteiger partial charge in [-0.2, -0.15) is 0 Å². The van der Waals surface area contributed by atoms with Crippen LogP contribution in [0.1, 0.15) is 47.0 Å². The molecular weight excluding hydrogens is 204 g/mol. The maximum absolute atomic E-state index is 5.71. The van der Waals surface area contributed by atoms with Crippen molar-refractivity contribution in [2.45, 2.75) is 47.0 Å². The molecule has 0 saturated heterocycles. The molecule has 0 aromatic rings. The van der Waals surface area contributed by atoms with Gasteiger partial charge in [0.15, 0.2) is 0 Å². The van der Waals surface area contributed by atoms with E-state index >= 15 is 0 Å². The van der Waals surface area contributed by atoms with Gasteiger partial charge in [0.1, 0.15) is 0 Å². The van der Waals surface area contributed by atoms with E-state index in [9.17, 15) is 0 Å². The van der Waals surface area contributed by atoms with Crippen molar-refractivity contribution in [2.75, 3.05) is 19.6 Å². The first kappa shape index (κ1) is 14.8. The smallest absolute Gasteiger partial charge is 0.0784 e. The third kappa shape index (κ3) is 6.10. The second-order valence-corrected chi connectivity index (χ2v) is 5.23. The van der Waals surface area contributed by atoms with Crippen LogP contribution in [-0.2, 0) is 0 Å². The highest BCUT2D eigenvalue weighted by Gasteiger charge is 2.21. The molecule has 0 atom stereocenters. The Hall–Kier alpha value is -0.150. The monoisotopic (exact) mass is 230 g/mol. The number of nitrogens with two attached hydrogens (primary N) is 1. The second kappa shape index (κ2) is 7.18. The van der Waals surface area contributed by atoms with Gasteiger partial charge in [0, 0.05) is 5.41 Å². The van der Waals surface area contributed by atoms with Crippen LogP contribution in [0, 0.1) is 5.41 Å². The third-order valence-electron chi connectivity index (χ3n) is 3.00. The Balaban J connectivity index is 3.94.